The summed E-state index contributed by atoms with van der Waals surface area (Å²) in [7, 11) is 0. The van der Waals surface area contributed by atoms with E-state index < -0.39 is 6.10 Å². The van der Waals surface area contributed by atoms with Crippen LogP contribution < -0.4 is 5.56 Å². The maximum Gasteiger partial charge on any atom is 0.264 e. The van der Waals surface area contributed by atoms with Crippen LogP contribution >= 0.6 is 0 Å². The van der Waals surface area contributed by atoms with Crippen molar-refractivity contribution < 1.29 is 5.11 Å². The Morgan fingerprint density at radius 3 is 3.00 bits per heavy atom. The molecule has 2 rings (SSSR count). The number of nitrogens with one attached hydrogen (secondary N) is 1. The molecule has 1 unspecified atom stereocenters. The molecule has 1 atom stereocenters. The zero-order valence-electron chi connectivity index (χ0n) is 9.50. The second kappa shape index (κ2) is 4.92. The predicted octanol–water partition coefficient (Wildman–Crippen LogP) is 0.458. The highest BCUT2D eigenvalue weighted by Gasteiger charge is 2.17. The summed E-state index contributed by atoms with van der Waals surface area (Å²) < 4.78 is 1.87. The monoisotopic (exact) mass is 234 g/mol. The normalized spacial score (nSPS) is 12.6. The summed E-state index contributed by atoms with van der Waals surface area (Å²) in [5, 5.41) is 16.2. The van der Waals surface area contributed by atoms with E-state index in [-0.39, 0.29) is 5.56 Å². The number of aromatic nitrogens is 4. The molecule has 0 aromatic carbocycles. The SMILES string of the molecule is CCCn1ccnc1C(O)c1ccc(=O)[nH]n1. The topological polar surface area (TPSA) is 83.8 Å². The highest BCUT2D eigenvalue weighted by Crippen LogP contribution is 2.17. The molecule has 0 aliphatic rings. The molecule has 0 saturated carbocycles. The minimum Gasteiger partial charge on any atom is -0.379 e. The second-order valence-corrected chi connectivity index (χ2v) is 3.73. The molecule has 17 heavy (non-hydrogen) atoms. The van der Waals surface area contributed by atoms with Crippen molar-refractivity contribution in [2.24, 2.45) is 0 Å². The van der Waals surface area contributed by atoms with Crippen LogP contribution in [0.3, 0.4) is 0 Å². The standard InChI is InChI=1S/C11H14N4O2/c1-2-6-15-7-5-12-11(15)10(17)8-3-4-9(16)14-13-8/h3-5,7,10,17H,2,6H2,1H3,(H,14,16). The van der Waals surface area contributed by atoms with E-state index in [0.717, 1.165) is 13.0 Å². The lowest BCUT2D eigenvalue weighted by molar-refractivity contribution is 0.198. The molecule has 0 aliphatic carbocycles. The first-order valence-electron chi connectivity index (χ1n) is 5.47. The summed E-state index contributed by atoms with van der Waals surface area (Å²) in [4.78, 5) is 15.0. The van der Waals surface area contributed by atoms with E-state index >= 15 is 0 Å². The van der Waals surface area contributed by atoms with Crippen LogP contribution in [0.2, 0.25) is 0 Å². The van der Waals surface area contributed by atoms with Crippen molar-refractivity contribution in [3.8, 4) is 0 Å². The van der Waals surface area contributed by atoms with Crippen LogP contribution in [-0.4, -0.2) is 24.9 Å². The molecular formula is C11H14N4O2. The van der Waals surface area contributed by atoms with E-state index in [9.17, 15) is 9.90 Å². The highest BCUT2D eigenvalue weighted by atomic mass is 16.3. The quantitative estimate of drug-likeness (QED) is 0.804. The summed E-state index contributed by atoms with van der Waals surface area (Å²) >= 11 is 0. The fourth-order valence-corrected chi connectivity index (χ4v) is 1.64. The Kier molecular flexibility index (Phi) is 3.34. The fourth-order valence-electron chi connectivity index (χ4n) is 1.64. The minimum absolute atomic E-state index is 0.294. The van der Waals surface area contributed by atoms with Gasteiger partial charge in [0.2, 0.25) is 0 Å². The third-order valence-electron chi connectivity index (χ3n) is 2.44. The van der Waals surface area contributed by atoms with Gasteiger partial charge in [-0.1, -0.05) is 6.92 Å². The Hall–Kier alpha value is -1.95. The summed E-state index contributed by atoms with van der Waals surface area (Å²) in [6.45, 7) is 2.84. The number of aliphatic hydroxyl groups excluding tert-OH is 1. The first-order chi connectivity index (χ1) is 8.22. The third kappa shape index (κ3) is 2.42. The average molecular weight is 234 g/mol. The van der Waals surface area contributed by atoms with Crippen LogP contribution in [-0.2, 0) is 6.54 Å². The van der Waals surface area contributed by atoms with Crippen LogP contribution in [0.25, 0.3) is 0 Å². The molecule has 0 spiro atoms. The number of aryl methyl sites for hydroxylation is 1. The van der Waals surface area contributed by atoms with Gasteiger partial charge in [0.25, 0.3) is 5.56 Å². The van der Waals surface area contributed by atoms with E-state index in [1.54, 1.807) is 6.20 Å². The molecule has 0 aliphatic heterocycles. The van der Waals surface area contributed by atoms with Gasteiger partial charge in [-0.2, -0.15) is 5.10 Å². The summed E-state index contributed by atoms with van der Waals surface area (Å²) in [5.41, 5.74) is 0.0889. The van der Waals surface area contributed by atoms with Crippen molar-refractivity contribution in [3.63, 3.8) is 0 Å². The molecular weight excluding hydrogens is 220 g/mol. The zero-order chi connectivity index (χ0) is 12.3. The molecule has 0 amide bonds. The number of aliphatic hydroxyl groups is 1. The summed E-state index contributed by atoms with van der Waals surface area (Å²) in [5.74, 6) is 0.534. The van der Waals surface area contributed by atoms with Gasteiger partial charge in [-0.05, 0) is 12.5 Å². The van der Waals surface area contributed by atoms with Crippen molar-refractivity contribution >= 4 is 0 Å². The van der Waals surface area contributed by atoms with Crippen molar-refractivity contribution in [2.75, 3.05) is 0 Å². The number of imidazole rings is 1. The first-order valence-corrected chi connectivity index (χ1v) is 5.47. The van der Waals surface area contributed by atoms with E-state index in [2.05, 4.69) is 22.1 Å². The van der Waals surface area contributed by atoms with Gasteiger partial charge in [-0.15, -0.1) is 0 Å². The Bertz CT molecular complexity index is 526. The van der Waals surface area contributed by atoms with Crippen LogP contribution in [0.4, 0.5) is 0 Å². The van der Waals surface area contributed by atoms with Gasteiger partial charge in [0, 0.05) is 25.0 Å². The summed E-state index contributed by atoms with van der Waals surface area (Å²) in [6, 6.07) is 2.83. The molecule has 2 heterocycles. The lowest BCUT2D eigenvalue weighted by Gasteiger charge is -2.11. The number of H-pyrrole nitrogens is 1. The van der Waals surface area contributed by atoms with Gasteiger partial charge in [-0.3, -0.25) is 4.79 Å². The van der Waals surface area contributed by atoms with Gasteiger partial charge in [0.05, 0.1) is 5.69 Å². The van der Waals surface area contributed by atoms with Crippen molar-refractivity contribution in [1.82, 2.24) is 19.7 Å². The molecule has 0 fully saturated rings. The van der Waals surface area contributed by atoms with Gasteiger partial charge in [0.15, 0.2) is 6.10 Å². The number of hydrogen-bond donors (Lipinski definition) is 2. The van der Waals surface area contributed by atoms with Gasteiger partial charge >= 0.3 is 0 Å². The minimum atomic E-state index is -0.923. The van der Waals surface area contributed by atoms with Crippen LogP contribution in [0, 0.1) is 0 Å². The zero-order valence-corrected chi connectivity index (χ0v) is 9.50. The second-order valence-electron chi connectivity index (χ2n) is 3.73. The molecule has 0 radical (unpaired) electrons. The maximum atomic E-state index is 10.9. The number of nitrogens with zero attached hydrogens (tertiary/aromatic N) is 3. The smallest absolute Gasteiger partial charge is 0.264 e. The van der Waals surface area contributed by atoms with E-state index in [1.165, 1.54) is 12.1 Å². The molecule has 6 nitrogen and oxygen atoms in total. The van der Waals surface area contributed by atoms with Crippen molar-refractivity contribution in [3.05, 3.63) is 46.4 Å². The number of hydrogen-bond acceptors (Lipinski definition) is 4. The van der Waals surface area contributed by atoms with Gasteiger partial charge < -0.3 is 9.67 Å². The van der Waals surface area contributed by atoms with Crippen LogP contribution in [0.1, 0.15) is 31.0 Å². The lowest BCUT2D eigenvalue weighted by atomic mass is 10.2. The number of aromatic amines is 1. The van der Waals surface area contributed by atoms with Crippen LogP contribution in [0.5, 0.6) is 0 Å². The molecule has 2 N–H and O–H groups in total. The van der Waals surface area contributed by atoms with E-state index in [0.29, 0.717) is 11.5 Å². The fraction of sp³-hybridized carbons (Fsp3) is 0.364. The molecule has 0 bridgehead atoms. The molecule has 6 heteroatoms. The van der Waals surface area contributed by atoms with E-state index in [1.807, 2.05) is 10.8 Å². The lowest BCUT2D eigenvalue weighted by Crippen LogP contribution is -2.14. The predicted molar refractivity (Wildman–Crippen MR) is 61.4 cm³/mol. The van der Waals surface area contributed by atoms with Crippen LogP contribution in [0.15, 0.2) is 29.3 Å². The molecule has 2 aromatic rings. The highest BCUT2D eigenvalue weighted by molar-refractivity contribution is 5.13. The van der Waals surface area contributed by atoms with E-state index in [4.69, 9.17) is 0 Å². The average Bonchev–Trinajstić information content (AvgIpc) is 2.78. The Morgan fingerprint density at radius 2 is 2.35 bits per heavy atom. The van der Waals surface area contributed by atoms with Gasteiger partial charge in [0.1, 0.15) is 5.82 Å². The molecule has 2 aromatic heterocycles. The Morgan fingerprint density at radius 1 is 1.53 bits per heavy atom. The maximum absolute atomic E-state index is 10.9. The largest absolute Gasteiger partial charge is 0.379 e. The van der Waals surface area contributed by atoms with Crippen molar-refractivity contribution in [2.45, 2.75) is 26.0 Å². The first kappa shape index (κ1) is 11.5. The Balaban J connectivity index is 2.29. The van der Waals surface area contributed by atoms with Gasteiger partial charge in [-0.25, -0.2) is 10.1 Å². The summed E-state index contributed by atoms with van der Waals surface area (Å²) in [6.07, 6.45) is 3.48. The molecule has 0 saturated heterocycles. The number of rotatable bonds is 4. The molecule has 90 valence electrons. The Labute approximate surface area is 98.0 Å². The third-order valence-corrected chi connectivity index (χ3v) is 2.44. The van der Waals surface area contributed by atoms with Crippen molar-refractivity contribution in [1.29, 1.82) is 0 Å².